The van der Waals surface area contributed by atoms with Crippen LogP contribution in [0, 0.1) is 11.3 Å². The zero-order valence-electron chi connectivity index (χ0n) is 11.7. The molecule has 0 spiro atoms. The normalized spacial score (nSPS) is 13.4. The average Bonchev–Trinajstić information content (AvgIpc) is 2.72. The van der Waals surface area contributed by atoms with Crippen LogP contribution in [0.3, 0.4) is 0 Å². The van der Waals surface area contributed by atoms with Gasteiger partial charge in [0.1, 0.15) is 0 Å². The lowest BCUT2D eigenvalue weighted by molar-refractivity contribution is -0.120. The number of aryl methyl sites for hydroxylation is 1. The van der Waals surface area contributed by atoms with Crippen molar-refractivity contribution in [2.45, 2.75) is 40.5 Å². The predicted molar refractivity (Wildman–Crippen MR) is 73.2 cm³/mol. The number of carbonyl (C=O) groups is 1. The number of aromatic nitrogens is 2. The van der Waals surface area contributed by atoms with Gasteiger partial charge in [0.15, 0.2) is 5.82 Å². The number of nitrogens with one attached hydrogen (secondary N) is 2. The molecule has 1 rings (SSSR count). The molecule has 0 aliphatic rings. The number of hydrogen-bond donors (Lipinski definition) is 3. The molecule has 0 saturated carbocycles. The first kappa shape index (κ1) is 14.7. The number of rotatable bonds is 5. The van der Waals surface area contributed by atoms with Gasteiger partial charge in [-0.05, 0) is 18.3 Å². The minimum Gasteiger partial charge on any atom is -0.330 e. The van der Waals surface area contributed by atoms with E-state index in [0.29, 0.717) is 12.4 Å². The van der Waals surface area contributed by atoms with Crippen molar-refractivity contribution in [1.29, 1.82) is 0 Å². The predicted octanol–water partition coefficient (Wildman–Crippen LogP) is 1.92. The van der Waals surface area contributed by atoms with Crippen LogP contribution in [-0.4, -0.2) is 22.6 Å². The monoisotopic (exact) mass is 252 g/mol. The first-order chi connectivity index (χ1) is 8.35. The molecule has 1 heterocycles. The van der Waals surface area contributed by atoms with Crippen molar-refractivity contribution in [1.82, 2.24) is 10.2 Å². The SMILES string of the molecule is CCc1cc(NC(=O)C(CN)CC(C)(C)C)n[nH]1. The van der Waals surface area contributed by atoms with Crippen LogP contribution in [0.1, 0.15) is 39.8 Å². The summed E-state index contributed by atoms with van der Waals surface area (Å²) >= 11 is 0. The largest absolute Gasteiger partial charge is 0.330 e. The summed E-state index contributed by atoms with van der Waals surface area (Å²) in [6, 6.07) is 1.85. The van der Waals surface area contributed by atoms with Gasteiger partial charge in [0, 0.05) is 18.3 Å². The lowest BCUT2D eigenvalue weighted by Gasteiger charge is -2.23. The fraction of sp³-hybridized carbons (Fsp3) is 0.692. The topological polar surface area (TPSA) is 83.8 Å². The van der Waals surface area contributed by atoms with Gasteiger partial charge in [-0.3, -0.25) is 9.89 Å². The second kappa shape index (κ2) is 6.00. The van der Waals surface area contributed by atoms with Crippen LogP contribution >= 0.6 is 0 Å². The van der Waals surface area contributed by atoms with E-state index >= 15 is 0 Å². The molecule has 0 saturated heterocycles. The summed E-state index contributed by atoms with van der Waals surface area (Å²) < 4.78 is 0. The number of carbonyl (C=O) groups excluding carboxylic acids is 1. The van der Waals surface area contributed by atoms with Gasteiger partial charge in [0.2, 0.25) is 5.91 Å². The second-order valence-corrected chi connectivity index (χ2v) is 5.82. The molecular weight excluding hydrogens is 228 g/mol. The Hall–Kier alpha value is -1.36. The van der Waals surface area contributed by atoms with E-state index in [1.807, 2.05) is 13.0 Å². The first-order valence-corrected chi connectivity index (χ1v) is 6.41. The number of H-pyrrole nitrogens is 1. The van der Waals surface area contributed by atoms with Crippen LogP contribution < -0.4 is 11.1 Å². The summed E-state index contributed by atoms with van der Waals surface area (Å²) in [6.45, 7) is 8.70. The fourth-order valence-electron chi connectivity index (χ4n) is 1.86. The van der Waals surface area contributed by atoms with Gasteiger partial charge in [-0.1, -0.05) is 27.7 Å². The van der Waals surface area contributed by atoms with Crippen molar-refractivity contribution >= 4 is 11.7 Å². The van der Waals surface area contributed by atoms with Gasteiger partial charge < -0.3 is 11.1 Å². The van der Waals surface area contributed by atoms with E-state index in [1.165, 1.54) is 0 Å². The molecule has 1 aromatic rings. The molecule has 5 nitrogen and oxygen atoms in total. The molecule has 0 radical (unpaired) electrons. The van der Waals surface area contributed by atoms with E-state index in [2.05, 4.69) is 36.3 Å². The zero-order chi connectivity index (χ0) is 13.8. The van der Waals surface area contributed by atoms with Gasteiger partial charge in [0.25, 0.3) is 0 Å². The average molecular weight is 252 g/mol. The summed E-state index contributed by atoms with van der Waals surface area (Å²) in [5, 5.41) is 9.72. The van der Waals surface area contributed by atoms with Crippen molar-refractivity contribution in [2.75, 3.05) is 11.9 Å². The molecule has 0 aromatic carbocycles. The van der Waals surface area contributed by atoms with E-state index in [4.69, 9.17) is 5.73 Å². The summed E-state index contributed by atoms with van der Waals surface area (Å²) in [5.41, 5.74) is 6.77. The Labute approximate surface area is 109 Å². The van der Waals surface area contributed by atoms with E-state index in [-0.39, 0.29) is 17.2 Å². The maximum absolute atomic E-state index is 12.1. The van der Waals surface area contributed by atoms with Crippen molar-refractivity contribution < 1.29 is 4.79 Å². The van der Waals surface area contributed by atoms with Crippen molar-refractivity contribution in [2.24, 2.45) is 17.1 Å². The maximum atomic E-state index is 12.1. The van der Waals surface area contributed by atoms with Crippen molar-refractivity contribution in [3.05, 3.63) is 11.8 Å². The van der Waals surface area contributed by atoms with Crippen LogP contribution in [0.25, 0.3) is 0 Å². The molecule has 5 heteroatoms. The lowest BCUT2D eigenvalue weighted by Crippen LogP contribution is -2.32. The molecule has 0 fully saturated rings. The van der Waals surface area contributed by atoms with Crippen LogP contribution in [0.15, 0.2) is 6.07 Å². The van der Waals surface area contributed by atoms with Gasteiger partial charge in [-0.25, -0.2) is 0 Å². The van der Waals surface area contributed by atoms with E-state index < -0.39 is 0 Å². The molecule has 1 atom stereocenters. The molecule has 0 bridgehead atoms. The van der Waals surface area contributed by atoms with E-state index in [9.17, 15) is 4.79 Å². The van der Waals surface area contributed by atoms with Gasteiger partial charge in [-0.15, -0.1) is 0 Å². The molecule has 4 N–H and O–H groups in total. The number of aromatic amines is 1. The molecule has 1 unspecified atom stereocenters. The number of amides is 1. The quantitative estimate of drug-likeness (QED) is 0.748. The Morgan fingerprint density at radius 2 is 2.22 bits per heavy atom. The summed E-state index contributed by atoms with van der Waals surface area (Å²) in [7, 11) is 0. The molecule has 102 valence electrons. The standard InChI is InChI=1S/C13H24N4O/c1-5-10-6-11(17-16-10)15-12(18)9(8-14)7-13(2,3)4/h6,9H,5,7-8,14H2,1-4H3,(H2,15,16,17,18). The van der Waals surface area contributed by atoms with Gasteiger partial charge in [0.05, 0.1) is 5.92 Å². The number of nitrogens with zero attached hydrogens (tertiary/aromatic N) is 1. The van der Waals surface area contributed by atoms with E-state index in [1.54, 1.807) is 0 Å². The summed E-state index contributed by atoms with van der Waals surface area (Å²) in [6.07, 6.45) is 1.63. The Kier molecular flexibility index (Phi) is 4.90. The van der Waals surface area contributed by atoms with E-state index in [0.717, 1.165) is 18.5 Å². The second-order valence-electron chi connectivity index (χ2n) is 5.82. The maximum Gasteiger partial charge on any atom is 0.229 e. The zero-order valence-corrected chi connectivity index (χ0v) is 11.7. The molecule has 1 aromatic heterocycles. The minimum atomic E-state index is -0.174. The van der Waals surface area contributed by atoms with Gasteiger partial charge in [-0.2, -0.15) is 5.10 Å². The Balaban J connectivity index is 2.62. The third-order valence-electron chi connectivity index (χ3n) is 2.78. The Bertz CT molecular complexity index is 392. The van der Waals surface area contributed by atoms with Crippen LogP contribution in [0.4, 0.5) is 5.82 Å². The lowest BCUT2D eigenvalue weighted by atomic mass is 9.84. The third-order valence-corrected chi connectivity index (χ3v) is 2.78. The number of anilines is 1. The highest BCUT2D eigenvalue weighted by molar-refractivity contribution is 5.91. The first-order valence-electron chi connectivity index (χ1n) is 6.41. The third kappa shape index (κ3) is 4.49. The van der Waals surface area contributed by atoms with Crippen molar-refractivity contribution in [3.8, 4) is 0 Å². The molecule has 0 aliphatic carbocycles. The summed E-state index contributed by atoms with van der Waals surface area (Å²) in [5.74, 6) is 0.345. The van der Waals surface area contributed by atoms with Crippen molar-refractivity contribution in [3.63, 3.8) is 0 Å². The van der Waals surface area contributed by atoms with Gasteiger partial charge >= 0.3 is 0 Å². The Morgan fingerprint density at radius 3 is 2.67 bits per heavy atom. The van der Waals surface area contributed by atoms with Crippen LogP contribution in [0.2, 0.25) is 0 Å². The number of nitrogens with two attached hydrogens (primary N) is 1. The molecule has 1 amide bonds. The highest BCUT2D eigenvalue weighted by atomic mass is 16.2. The van der Waals surface area contributed by atoms with Crippen LogP contribution in [-0.2, 0) is 11.2 Å². The fourth-order valence-corrected chi connectivity index (χ4v) is 1.86. The summed E-state index contributed by atoms with van der Waals surface area (Å²) in [4.78, 5) is 12.1. The molecule has 0 aliphatic heterocycles. The Morgan fingerprint density at radius 1 is 1.56 bits per heavy atom. The molecule has 18 heavy (non-hydrogen) atoms. The molecular formula is C13H24N4O. The highest BCUT2D eigenvalue weighted by Crippen LogP contribution is 2.24. The van der Waals surface area contributed by atoms with Crippen LogP contribution in [0.5, 0.6) is 0 Å². The number of hydrogen-bond acceptors (Lipinski definition) is 3. The smallest absolute Gasteiger partial charge is 0.229 e. The highest BCUT2D eigenvalue weighted by Gasteiger charge is 2.24. The minimum absolute atomic E-state index is 0.0541.